The van der Waals surface area contributed by atoms with Gasteiger partial charge in [-0.15, -0.1) is 0 Å². The molecule has 0 aromatic carbocycles. The highest BCUT2D eigenvalue weighted by Crippen LogP contribution is 2.11. The van der Waals surface area contributed by atoms with Crippen LogP contribution in [0.2, 0.25) is 0 Å². The molecule has 5 heteroatoms. The van der Waals surface area contributed by atoms with E-state index in [0.717, 1.165) is 17.6 Å². The second-order valence-electron chi connectivity index (χ2n) is 7.23. The lowest BCUT2D eigenvalue weighted by Gasteiger charge is -2.29. The largest absolute Gasteiger partial charge is 1.00 e. The Balaban J connectivity index is 0. The number of rotatable bonds is 15. The fraction of sp³-hybridized carbons (Fsp3) is 0.947. The molecule has 0 fully saturated rings. The molecular weight excluding hydrogens is 384 g/mol. The summed E-state index contributed by atoms with van der Waals surface area (Å²) in [5, 5.41) is 3.56. The molecule has 0 aliphatic carbocycles. The topological polar surface area (TPSA) is 21.3 Å². The number of unbranched alkanes of at least 4 members (excludes halogenated alkanes) is 9. The van der Waals surface area contributed by atoms with Gasteiger partial charge in [-0.25, -0.2) is 0 Å². The standard InChI is InChI=1S/C19H40N2OS.BrH/c1-5-7-8-9-10-11-12-13-14-15-16-21(3,4)17-18-22-19(23)20-6-2;/h5-18H2,1-4H3;1H. The quantitative estimate of drug-likeness (QED) is 0.246. The molecule has 24 heavy (non-hydrogen) atoms. The van der Waals surface area contributed by atoms with Crippen LogP contribution in [0.1, 0.15) is 78.1 Å². The molecule has 0 aliphatic rings. The number of quaternary nitrogens is 1. The average Bonchev–Trinajstić information content (AvgIpc) is 2.49. The van der Waals surface area contributed by atoms with E-state index in [1.54, 1.807) is 0 Å². The van der Waals surface area contributed by atoms with Crippen molar-refractivity contribution in [2.45, 2.75) is 78.1 Å². The second-order valence-corrected chi connectivity index (χ2v) is 7.60. The van der Waals surface area contributed by atoms with Crippen molar-refractivity contribution < 1.29 is 26.2 Å². The van der Waals surface area contributed by atoms with Crippen LogP contribution in [0.5, 0.6) is 0 Å². The molecule has 0 aromatic heterocycles. The minimum Gasteiger partial charge on any atom is -1.00 e. The van der Waals surface area contributed by atoms with Gasteiger partial charge in [-0.3, -0.25) is 0 Å². The monoisotopic (exact) mass is 424 g/mol. The first-order chi connectivity index (χ1) is 11.0. The lowest BCUT2D eigenvalue weighted by molar-refractivity contribution is -0.890. The first-order valence-electron chi connectivity index (χ1n) is 9.74. The molecule has 3 nitrogen and oxygen atoms in total. The summed E-state index contributed by atoms with van der Waals surface area (Å²) >= 11 is 5.08. The maximum absolute atomic E-state index is 5.52. The third-order valence-corrected chi connectivity index (χ3v) is 4.63. The zero-order valence-electron chi connectivity index (χ0n) is 16.5. The van der Waals surface area contributed by atoms with Crippen molar-refractivity contribution in [1.82, 2.24) is 5.32 Å². The van der Waals surface area contributed by atoms with Crippen LogP contribution in [0.4, 0.5) is 0 Å². The van der Waals surface area contributed by atoms with Gasteiger partial charge in [0.1, 0.15) is 13.2 Å². The van der Waals surface area contributed by atoms with Crippen LogP contribution < -0.4 is 22.3 Å². The number of nitrogens with zero attached hydrogens (tertiary/aromatic N) is 1. The fourth-order valence-corrected chi connectivity index (χ4v) is 2.95. The maximum atomic E-state index is 5.52. The molecule has 0 rings (SSSR count). The lowest BCUT2D eigenvalue weighted by atomic mass is 10.1. The SMILES string of the molecule is CCCCCCCCCCCC[N+](C)(C)CCOC(=S)NCC.[Br-]. The molecule has 146 valence electrons. The molecule has 1 N–H and O–H groups in total. The Morgan fingerprint density at radius 1 is 0.833 bits per heavy atom. The Labute approximate surface area is 167 Å². The summed E-state index contributed by atoms with van der Waals surface area (Å²) in [6.07, 6.45) is 14.0. The van der Waals surface area contributed by atoms with E-state index in [4.69, 9.17) is 17.0 Å². The molecule has 0 aromatic rings. The summed E-state index contributed by atoms with van der Waals surface area (Å²) in [6.45, 7) is 8.09. The summed E-state index contributed by atoms with van der Waals surface area (Å²) in [4.78, 5) is 0. The number of ether oxygens (including phenoxy) is 1. The van der Waals surface area contributed by atoms with Gasteiger partial charge in [0.2, 0.25) is 0 Å². The van der Waals surface area contributed by atoms with Gasteiger partial charge in [0.15, 0.2) is 0 Å². The highest BCUT2D eigenvalue weighted by Gasteiger charge is 2.14. The number of halogens is 1. The molecule has 0 spiro atoms. The highest BCUT2D eigenvalue weighted by atomic mass is 79.9. The normalized spacial score (nSPS) is 11.0. The van der Waals surface area contributed by atoms with Crippen LogP contribution in [0.25, 0.3) is 0 Å². The number of nitrogens with one attached hydrogen (secondary N) is 1. The molecule has 0 unspecified atom stereocenters. The van der Waals surface area contributed by atoms with Crippen LogP contribution in [0.15, 0.2) is 0 Å². The smallest absolute Gasteiger partial charge is 0.256 e. The van der Waals surface area contributed by atoms with Crippen LogP contribution >= 0.6 is 12.2 Å². The van der Waals surface area contributed by atoms with Crippen molar-refractivity contribution >= 4 is 17.4 Å². The van der Waals surface area contributed by atoms with E-state index in [2.05, 4.69) is 26.3 Å². The van der Waals surface area contributed by atoms with Crippen molar-refractivity contribution in [2.75, 3.05) is 40.3 Å². The number of likely N-dealkylation sites (N-methyl/N-ethyl adjacent to an activating group) is 1. The Morgan fingerprint density at radius 2 is 1.33 bits per heavy atom. The molecule has 0 saturated carbocycles. The fourth-order valence-electron chi connectivity index (χ4n) is 2.72. The van der Waals surface area contributed by atoms with Crippen molar-refractivity contribution in [3.8, 4) is 0 Å². The van der Waals surface area contributed by atoms with E-state index in [0.29, 0.717) is 11.8 Å². The van der Waals surface area contributed by atoms with Gasteiger partial charge in [-0.05, 0) is 32.0 Å². The molecule has 0 radical (unpaired) electrons. The van der Waals surface area contributed by atoms with E-state index >= 15 is 0 Å². The van der Waals surface area contributed by atoms with Gasteiger partial charge >= 0.3 is 0 Å². The minimum absolute atomic E-state index is 0. The van der Waals surface area contributed by atoms with E-state index in [1.165, 1.54) is 70.8 Å². The minimum atomic E-state index is 0. The van der Waals surface area contributed by atoms with Crippen molar-refractivity contribution in [3.63, 3.8) is 0 Å². The van der Waals surface area contributed by atoms with E-state index < -0.39 is 0 Å². The second kappa shape index (κ2) is 17.9. The first-order valence-corrected chi connectivity index (χ1v) is 10.1. The van der Waals surface area contributed by atoms with Crippen LogP contribution in [0.3, 0.4) is 0 Å². The Hall–Kier alpha value is 0.130. The van der Waals surface area contributed by atoms with E-state index in [-0.39, 0.29) is 17.0 Å². The van der Waals surface area contributed by atoms with E-state index in [1.807, 2.05) is 6.92 Å². The molecule has 0 atom stereocenters. The van der Waals surface area contributed by atoms with Gasteiger partial charge in [0.05, 0.1) is 20.6 Å². The average molecular weight is 426 g/mol. The van der Waals surface area contributed by atoms with E-state index in [9.17, 15) is 0 Å². The molecule has 0 bridgehead atoms. The number of thiocarbonyl (C=S) groups is 1. The maximum Gasteiger partial charge on any atom is 0.256 e. The van der Waals surface area contributed by atoms with Crippen molar-refractivity contribution in [1.29, 1.82) is 0 Å². The van der Waals surface area contributed by atoms with Gasteiger partial charge in [-0.1, -0.05) is 58.3 Å². The molecule has 0 saturated heterocycles. The predicted octanol–water partition coefficient (Wildman–Crippen LogP) is 1.90. The highest BCUT2D eigenvalue weighted by molar-refractivity contribution is 7.80. The van der Waals surface area contributed by atoms with Gasteiger partial charge in [0, 0.05) is 6.54 Å². The van der Waals surface area contributed by atoms with Gasteiger partial charge < -0.3 is 31.5 Å². The van der Waals surface area contributed by atoms with Crippen molar-refractivity contribution in [3.05, 3.63) is 0 Å². The predicted molar refractivity (Wildman–Crippen MR) is 106 cm³/mol. The number of hydrogen-bond donors (Lipinski definition) is 1. The first kappa shape index (κ1) is 26.4. The molecular formula is C19H41BrN2OS. The summed E-state index contributed by atoms with van der Waals surface area (Å²) in [5.74, 6) is 0. The zero-order valence-corrected chi connectivity index (χ0v) is 18.9. The summed E-state index contributed by atoms with van der Waals surface area (Å²) in [7, 11) is 4.57. The van der Waals surface area contributed by atoms with Crippen LogP contribution in [0, 0.1) is 0 Å². The zero-order chi connectivity index (χ0) is 17.4. The summed E-state index contributed by atoms with van der Waals surface area (Å²) < 4.78 is 6.54. The van der Waals surface area contributed by atoms with Crippen LogP contribution in [-0.2, 0) is 4.74 Å². The molecule has 0 amide bonds. The molecule has 0 aliphatic heterocycles. The Kier molecular flexibility index (Phi) is 19.7. The van der Waals surface area contributed by atoms with Crippen LogP contribution in [-0.4, -0.2) is 50.0 Å². The Bertz CT molecular complexity index is 289. The van der Waals surface area contributed by atoms with Gasteiger partial charge in [-0.2, -0.15) is 0 Å². The summed E-state index contributed by atoms with van der Waals surface area (Å²) in [6, 6.07) is 0. The third-order valence-electron chi connectivity index (χ3n) is 4.37. The Morgan fingerprint density at radius 3 is 1.83 bits per heavy atom. The lowest BCUT2D eigenvalue weighted by Crippen LogP contribution is -3.00. The third kappa shape index (κ3) is 18.5. The molecule has 0 heterocycles. The van der Waals surface area contributed by atoms with Crippen molar-refractivity contribution in [2.24, 2.45) is 0 Å². The van der Waals surface area contributed by atoms with Gasteiger partial charge in [0.25, 0.3) is 5.17 Å². The summed E-state index contributed by atoms with van der Waals surface area (Å²) in [5.41, 5.74) is 0. The number of hydrogen-bond acceptors (Lipinski definition) is 2.